The Bertz CT molecular complexity index is 389. The number of hydrogen-bond acceptors (Lipinski definition) is 3. The van der Waals surface area contributed by atoms with Crippen LogP contribution in [0, 0.1) is 12.3 Å². The van der Waals surface area contributed by atoms with Gasteiger partial charge < -0.3 is 9.84 Å². The highest BCUT2D eigenvalue weighted by molar-refractivity contribution is 5.90. The monoisotopic (exact) mass is 222 g/mol. The van der Waals surface area contributed by atoms with E-state index in [9.17, 15) is 9.90 Å². The molecule has 0 aliphatic rings. The molecule has 1 rings (SSSR count). The molecule has 0 fully saturated rings. The van der Waals surface area contributed by atoms with E-state index in [2.05, 4.69) is 0 Å². The number of rotatable bonds is 2. The number of benzene rings is 1. The average molecular weight is 222 g/mol. The Labute approximate surface area is 96.1 Å². The third kappa shape index (κ3) is 3.57. The summed E-state index contributed by atoms with van der Waals surface area (Å²) < 4.78 is 5.14. The van der Waals surface area contributed by atoms with E-state index in [-0.39, 0.29) is 11.2 Å². The summed E-state index contributed by atoms with van der Waals surface area (Å²) in [7, 11) is 0. The van der Waals surface area contributed by atoms with E-state index in [0.717, 1.165) is 5.56 Å². The fourth-order valence-electron chi connectivity index (χ4n) is 1.10. The second kappa shape index (κ2) is 4.56. The van der Waals surface area contributed by atoms with Crippen LogP contribution in [0.4, 0.5) is 0 Å². The van der Waals surface area contributed by atoms with E-state index in [1.807, 2.05) is 20.8 Å². The number of aryl methyl sites for hydroxylation is 1. The summed E-state index contributed by atoms with van der Waals surface area (Å²) in [5.41, 5.74) is 1.07. The maximum Gasteiger partial charge on any atom is 0.338 e. The molecule has 0 bridgehead atoms. The molecule has 0 amide bonds. The first-order valence-corrected chi connectivity index (χ1v) is 5.26. The minimum atomic E-state index is -0.398. The van der Waals surface area contributed by atoms with Gasteiger partial charge in [0.05, 0.1) is 12.2 Å². The molecule has 0 aromatic heterocycles. The van der Waals surface area contributed by atoms with Gasteiger partial charge in [-0.25, -0.2) is 4.79 Å². The van der Waals surface area contributed by atoms with E-state index in [4.69, 9.17) is 4.74 Å². The van der Waals surface area contributed by atoms with Crippen LogP contribution in [-0.4, -0.2) is 17.7 Å². The van der Waals surface area contributed by atoms with Crippen LogP contribution in [0.5, 0.6) is 5.75 Å². The molecule has 0 spiro atoms. The molecule has 0 aliphatic heterocycles. The molecule has 0 saturated heterocycles. The van der Waals surface area contributed by atoms with Crippen LogP contribution in [0.25, 0.3) is 0 Å². The maximum absolute atomic E-state index is 11.6. The highest BCUT2D eigenvalue weighted by atomic mass is 16.5. The van der Waals surface area contributed by atoms with Crippen molar-refractivity contribution in [3.63, 3.8) is 0 Å². The van der Waals surface area contributed by atoms with Crippen molar-refractivity contribution in [2.24, 2.45) is 5.41 Å². The molecule has 3 heteroatoms. The molecule has 1 aromatic rings. The Balaban J connectivity index is 2.70. The van der Waals surface area contributed by atoms with Gasteiger partial charge in [0, 0.05) is 0 Å². The van der Waals surface area contributed by atoms with Crippen LogP contribution in [0.15, 0.2) is 18.2 Å². The molecule has 0 radical (unpaired) electrons. The summed E-state index contributed by atoms with van der Waals surface area (Å²) in [5, 5.41) is 9.47. The second-order valence-electron chi connectivity index (χ2n) is 5.14. The molecule has 1 N–H and O–H groups in total. The quantitative estimate of drug-likeness (QED) is 0.782. The third-order valence-electron chi connectivity index (χ3n) is 2.08. The van der Waals surface area contributed by atoms with Gasteiger partial charge in [-0.15, -0.1) is 0 Å². The fourth-order valence-corrected chi connectivity index (χ4v) is 1.10. The number of phenolic OH excluding ortho intramolecular Hbond substituents is 1. The van der Waals surface area contributed by atoms with Gasteiger partial charge in [-0.05, 0) is 30.0 Å². The zero-order valence-electron chi connectivity index (χ0n) is 10.2. The number of carbonyl (C=O) groups excluding carboxylic acids is 1. The Kier molecular flexibility index (Phi) is 3.58. The van der Waals surface area contributed by atoms with Gasteiger partial charge >= 0.3 is 5.97 Å². The van der Waals surface area contributed by atoms with Gasteiger partial charge in [0.25, 0.3) is 0 Å². The van der Waals surface area contributed by atoms with Gasteiger partial charge in [0.1, 0.15) is 5.75 Å². The molecule has 3 nitrogen and oxygen atoms in total. The van der Waals surface area contributed by atoms with E-state index < -0.39 is 5.97 Å². The van der Waals surface area contributed by atoms with Crippen molar-refractivity contribution in [1.82, 2.24) is 0 Å². The molecule has 16 heavy (non-hydrogen) atoms. The number of carbonyl (C=O) groups is 1. The summed E-state index contributed by atoms with van der Waals surface area (Å²) in [6.07, 6.45) is 0. The summed E-state index contributed by atoms with van der Waals surface area (Å²) in [6.45, 7) is 8.12. The molecule has 0 heterocycles. The fraction of sp³-hybridized carbons (Fsp3) is 0.462. The van der Waals surface area contributed by atoms with Crippen molar-refractivity contribution >= 4 is 5.97 Å². The molecule has 0 atom stereocenters. The van der Waals surface area contributed by atoms with Gasteiger partial charge in [-0.1, -0.05) is 26.8 Å². The van der Waals surface area contributed by atoms with Crippen molar-refractivity contribution < 1.29 is 14.6 Å². The number of aromatic hydroxyl groups is 1. The van der Waals surface area contributed by atoms with Crippen LogP contribution >= 0.6 is 0 Å². The molecule has 1 aromatic carbocycles. The van der Waals surface area contributed by atoms with Crippen molar-refractivity contribution in [1.29, 1.82) is 0 Å². The minimum absolute atomic E-state index is 0.0532. The Hall–Kier alpha value is -1.51. The van der Waals surface area contributed by atoms with Crippen LogP contribution < -0.4 is 0 Å². The lowest BCUT2D eigenvalue weighted by atomic mass is 9.99. The van der Waals surface area contributed by atoms with Gasteiger partial charge in [0.2, 0.25) is 0 Å². The van der Waals surface area contributed by atoms with Gasteiger partial charge in [-0.2, -0.15) is 0 Å². The van der Waals surface area contributed by atoms with Gasteiger partial charge in [0.15, 0.2) is 0 Å². The summed E-state index contributed by atoms with van der Waals surface area (Å²) in [4.78, 5) is 11.6. The summed E-state index contributed by atoms with van der Waals surface area (Å²) >= 11 is 0. The normalized spacial score (nSPS) is 11.2. The largest absolute Gasteiger partial charge is 0.508 e. The van der Waals surface area contributed by atoms with Crippen LogP contribution in [0.2, 0.25) is 0 Å². The SMILES string of the molecule is Cc1ccc(C(=O)OCC(C)(C)C)cc1O. The van der Waals surface area contributed by atoms with Crippen molar-refractivity contribution in [2.75, 3.05) is 6.61 Å². The lowest BCUT2D eigenvalue weighted by molar-refractivity contribution is 0.0366. The standard InChI is InChI=1S/C13H18O3/c1-9-5-6-10(7-11(9)14)12(15)16-8-13(2,3)4/h5-7,14H,8H2,1-4H3. The van der Waals surface area contributed by atoms with Crippen LogP contribution in [0.1, 0.15) is 36.7 Å². The number of phenols is 1. The Morgan fingerprint density at radius 3 is 2.50 bits per heavy atom. The first-order valence-electron chi connectivity index (χ1n) is 5.26. The predicted molar refractivity (Wildman–Crippen MR) is 62.6 cm³/mol. The Morgan fingerprint density at radius 1 is 1.38 bits per heavy atom. The number of esters is 1. The molecular weight excluding hydrogens is 204 g/mol. The number of hydrogen-bond donors (Lipinski definition) is 1. The second-order valence-corrected chi connectivity index (χ2v) is 5.14. The minimum Gasteiger partial charge on any atom is -0.508 e. The highest BCUT2D eigenvalue weighted by Gasteiger charge is 2.15. The lowest BCUT2D eigenvalue weighted by Gasteiger charge is -2.17. The van der Waals surface area contributed by atoms with Crippen molar-refractivity contribution in [2.45, 2.75) is 27.7 Å². The van der Waals surface area contributed by atoms with Crippen molar-refractivity contribution in [3.05, 3.63) is 29.3 Å². The highest BCUT2D eigenvalue weighted by Crippen LogP contribution is 2.19. The third-order valence-corrected chi connectivity index (χ3v) is 2.08. The van der Waals surface area contributed by atoms with E-state index in [1.165, 1.54) is 6.07 Å². The average Bonchev–Trinajstić information content (AvgIpc) is 2.17. The topological polar surface area (TPSA) is 46.5 Å². The summed E-state index contributed by atoms with van der Waals surface area (Å²) in [6, 6.07) is 4.78. The van der Waals surface area contributed by atoms with E-state index >= 15 is 0 Å². The predicted octanol–water partition coefficient (Wildman–Crippen LogP) is 2.90. The molecule has 0 saturated carbocycles. The molecule has 0 aliphatic carbocycles. The van der Waals surface area contributed by atoms with E-state index in [0.29, 0.717) is 12.2 Å². The molecule has 0 unspecified atom stereocenters. The Morgan fingerprint density at radius 2 is 2.00 bits per heavy atom. The van der Waals surface area contributed by atoms with Crippen LogP contribution in [-0.2, 0) is 4.74 Å². The first kappa shape index (κ1) is 12.6. The molecule has 88 valence electrons. The lowest BCUT2D eigenvalue weighted by Crippen LogP contribution is -2.18. The summed E-state index contributed by atoms with van der Waals surface area (Å²) in [5.74, 6) is -0.282. The van der Waals surface area contributed by atoms with E-state index in [1.54, 1.807) is 19.1 Å². The molecular formula is C13H18O3. The van der Waals surface area contributed by atoms with Crippen LogP contribution in [0.3, 0.4) is 0 Å². The van der Waals surface area contributed by atoms with Crippen molar-refractivity contribution in [3.8, 4) is 5.75 Å². The smallest absolute Gasteiger partial charge is 0.338 e. The number of ether oxygens (including phenoxy) is 1. The first-order chi connectivity index (χ1) is 7.29. The zero-order valence-corrected chi connectivity index (χ0v) is 10.2. The maximum atomic E-state index is 11.6. The zero-order chi connectivity index (χ0) is 12.3. The van der Waals surface area contributed by atoms with Gasteiger partial charge in [-0.3, -0.25) is 0 Å².